The zero-order valence-corrected chi connectivity index (χ0v) is 6.76. The van der Waals surface area contributed by atoms with Crippen LogP contribution in [0.5, 0.6) is 0 Å². The summed E-state index contributed by atoms with van der Waals surface area (Å²) in [6.07, 6.45) is 0.316. The Kier molecular flexibility index (Phi) is 19.4. The van der Waals surface area contributed by atoms with Gasteiger partial charge in [-0.1, -0.05) is 0 Å². The monoisotopic (exact) mass is 175 g/mol. The summed E-state index contributed by atoms with van der Waals surface area (Å²) in [6, 6.07) is 0. The van der Waals surface area contributed by atoms with Crippen LogP contribution in [0.15, 0.2) is 0 Å². The Morgan fingerprint density at radius 2 is 2.00 bits per heavy atom. The lowest BCUT2D eigenvalue weighted by Gasteiger charge is -1.91. The summed E-state index contributed by atoms with van der Waals surface area (Å²) >= 11 is 0. The Hall–Kier alpha value is 0.01000. The minimum atomic E-state index is -0.248. The molecule has 0 atom stereocenters. The predicted octanol–water partition coefficient (Wildman–Crippen LogP) is 0.352. The molecule has 0 spiro atoms. The quantitative estimate of drug-likeness (QED) is 0.617. The third-order valence-electron chi connectivity index (χ3n) is 0.576. The van der Waals surface area contributed by atoms with Gasteiger partial charge in [0.05, 0.1) is 13.5 Å². The van der Waals surface area contributed by atoms with Crippen LogP contribution in [0, 0.1) is 0 Å². The van der Waals surface area contributed by atoms with Crippen LogP contribution in [-0.2, 0) is 9.53 Å². The van der Waals surface area contributed by atoms with Gasteiger partial charge in [-0.2, -0.15) is 0 Å². The molecule has 0 radical (unpaired) electrons. The van der Waals surface area contributed by atoms with E-state index in [1.54, 1.807) is 0 Å². The zero-order chi connectivity index (χ0) is 5.70. The van der Waals surface area contributed by atoms with Crippen molar-refractivity contribution in [3.05, 3.63) is 0 Å². The molecule has 3 nitrogen and oxygen atoms in total. The molecule has 0 aromatic rings. The van der Waals surface area contributed by atoms with Gasteiger partial charge < -0.3 is 10.5 Å². The smallest absolute Gasteiger partial charge is 0.306 e. The minimum absolute atomic E-state index is 0. The van der Waals surface area contributed by atoms with E-state index < -0.39 is 0 Å². The van der Waals surface area contributed by atoms with Gasteiger partial charge in [-0.25, -0.2) is 0 Å². The van der Waals surface area contributed by atoms with E-state index >= 15 is 0 Å². The van der Waals surface area contributed by atoms with Crippen molar-refractivity contribution in [1.29, 1.82) is 0 Å². The number of hydrogen-bond donors (Lipinski definition) is 1. The van der Waals surface area contributed by atoms with Crippen LogP contribution in [0.4, 0.5) is 0 Å². The second-order valence-electron chi connectivity index (χ2n) is 1.11. The van der Waals surface area contributed by atoms with E-state index in [9.17, 15) is 4.79 Å². The number of methoxy groups -OCH3 is 1. The van der Waals surface area contributed by atoms with Crippen molar-refractivity contribution in [2.45, 2.75) is 6.42 Å². The van der Waals surface area contributed by atoms with Crippen molar-refractivity contribution < 1.29 is 9.53 Å². The molecule has 0 aliphatic carbocycles. The Labute approximate surface area is 66.8 Å². The van der Waals surface area contributed by atoms with E-state index in [0.717, 1.165) is 0 Å². The third-order valence-corrected chi connectivity index (χ3v) is 0.576. The van der Waals surface area contributed by atoms with Crippen molar-refractivity contribution in [3.8, 4) is 0 Å². The van der Waals surface area contributed by atoms with E-state index in [1.165, 1.54) is 7.11 Å². The molecule has 0 fully saturated rings. The average Bonchev–Trinajstić information content (AvgIpc) is 1.68. The lowest BCUT2D eigenvalue weighted by Crippen LogP contribution is -2.08. The molecule has 0 unspecified atom stereocenters. The molecule has 0 aromatic heterocycles. The summed E-state index contributed by atoms with van der Waals surface area (Å²) in [4.78, 5) is 10.1. The molecule has 0 amide bonds. The van der Waals surface area contributed by atoms with Crippen molar-refractivity contribution in [3.63, 3.8) is 0 Å². The van der Waals surface area contributed by atoms with Crippen LogP contribution in [0.1, 0.15) is 6.42 Å². The molecule has 0 heterocycles. The summed E-state index contributed by atoms with van der Waals surface area (Å²) < 4.78 is 4.27. The van der Waals surface area contributed by atoms with Gasteiger partial charge in [-0.05, 0) is 0 Å². The first-order valence-electron chi connectivity index (χ1n) is 2.08. The van der Waals surface area contributed by atoms with Gasteiger partial charge in [0.1, 0.15) is 0 Å². The normalized spacial score (nSPS) is 6.44. The van der Waals surface area contributed by atoms with Gasteiger partial charge in [0.2, 0.25) is 0 Å². The maximum absolute atomic E-state index is 10.1. The third kappa shape index (κ3) is 11.5. The predicted molar refractivity (Wildman–Crippen MR) is 40.2 cm³/mol. The van der Waals surface area contributed by atoms with E-state index in [-0.39, 0.29) is 30.8 Å². The summed E-state index contributed by atoms with van der Waals surface area (Å²) in [6.45, 7) is 0.368. The van der Waals surface area contributed by atoms with Crippen molar-refractivity contribution in [2.24, 2.45) is 5.73 Å². The molecule has 58 valence electrons. The van der Waals surface area contributed by atoms with Crippen LogP contribution in [0.2, 0.25) is 0 Å². The molecular weight excluding hydrogens is 165 g/mol. The molecule has 5 heteroatoms. The molecule has 0 bridgehead atoms. The van der Waals surface area contributed by atoms with Gasteiger partial charge in [0.15, 0.2) is 0 Å². The molecular formula is C4H11Cl2NO2. The summed E-state index contributed by atoms with van der Waals surface area (Å²) in [7, 11) is 1.35. The highest BCUT2D eigenvalue weighted by Gasteiger charge is 1.92. The van der Waals surface area contributed by atoms with Gasteiger partial charge in [-0.3, -0.25) is 4.79 Å². The van der Waals surface area contributed by atoms with E-state index in [2.05, 4.69) is 4.74 Å². The lowest BCUT2D eigenvalue weighted by molar-refractivity contribution is -0.140. The molecule has 0 saturated carbocycles. The zero-order valence-electron chi connectivity index (χ0n) is 5.12. The maximum atomic E-state index is 10.1. The van der Waals surface area contributed by atoms with Crippen LogP contribution < -0.4 is 5.73 Å². The van der Waals surface area contributed by atoms with Gasteiger partial charge in [0.25, 0.3) is 0 Å². The van der Waals surface area contributed by atoms with Crippen LogP contribution in [0.25, 0.3) is 0 Å². The number of hydrogen-bond acceptors (Lipinski definition) is 3. The second kappa shape index (κ2) is 10.9. The second-order valence-corrected chi connectivity index (χ2v) is 1.11. The Bertz CT molecular complexity index is 69.6. The van der Waals surface area contributed by atoms with Crippen LogP contribution in [-0.4, -0.2) is 19.6 Å². The Balaban J connectivity index is -0.000000180. The highest BCUT2D eigenvalue weighted by Crippen LogP contribution is 1.76. The first-order chi connectivity index (χ1) is 3.31. The lowest BCUT2D eigenvalue weighted by atomic mass is 10.4. The van der Waals surface area contributed by atoms with Gasteiger partial charge in [-0.15, -0.1) is 24.8 Å². The first-order valence-corrected chi connectivity index (χ1v) is 2.08. The summed E-state index contributed by atoms with van der Waals surface area (Å²) in [5.74, 6) is -0.248. The average molecular weight is 176 g/mol. The van der Waals surface area contributed by atoms with E-state index in [0.29, 0.717) is 13.0 Å². The largest absolute Gasteiger partial charge is 0.469 e. The molecule has 0 aliphatic rings. The number of ether oxygens (including phenoxy) is 1. The molecule has 0 rings (SSSR count). The fourth-order valence-electron chi connectivity index (χ4n) is 0.220. The molecule has 0 aliphatic heterocycles. The van der Waals surface area contributed by atoms with E-state index in [1.807, 2.05) is 0 Å². The number of nitrogens with two attached hydrogens (primary N) is 1. The van der Waals surface area contributed by atoms with Gasteiger partial charge >= 0.3 is 5.97 Å². The standard InChI is InChI=1S/C4H9NO2.2ClH/c1-7-4(6)2-3-5;;/h2-3,5H2,1H3;2*1H. The Morgan fingerprint density at radius 3 is 2.11 bits per heavy atom. The van der Waals surface area contributed by atoms with Gasteiger partial charge in [0, 0.05) is 6.54 Å². The molecule has 0 aromatic carbocycles. The highest BCUT2D eigenvalue weighted by molar-refractivity contribution is 5.85. The number of esters is 1. The van der Waals surface area contributed by atoms with Crippen molar-refractivity contribution in [2.75, 3.05) is 13.7 Å². The van der Waals surface area contributed by atoms with Crippen molar-refractivity contribution in [1.82, 2.24) is 0 Å². The number of carbonyl (C=O) groups is 1. The van der Waals surface area contributed by atoms with Crippen LogP contribution in [0.3, 0.4) is 0 Å². The molecule has 9 heavy (non-hydrogen) atoms. The minimum Gasteiger partial charge on any atom is -0.469 e. The number of carbonyl (C=O) groups excluding carboxylic acids is 1. The topological polar surface area (TPSA) is 52.3 Å². The Morgan fingerprint density at radius 1 is 1.56 bits per heavy atom. The fraction of sp³-hybridized carbons (Fsp3) is 0.750. The molecule has 0 saturated heterocycles. The maximum Gasteiger partial charge on any atom is 0.306 e. The summed E-state index contributed by atoms with van der Waals surface area (Å²) in [5.41, 5.74) is 5.00. The number of rotatable bonds is 2. The molecule has 2 N–H and O–H groups in total. The fourth-order valence-corrected chi connectivity index (χ4v) is 0.220. The number of halogens is 2. The van der Waals surface area contributed by atoms with Crippen molar-refractivity contribution >= 4 is 30.8 Å². The first kappa shape index (κ1) is 16.0. The van der Waals surface area contributed by atoms with E-state index in [4.69, 9.17) is 5.73 Å². The SMILES string of the molecule is COC(=O)CCN.Cl.Cl. The van der Waals surface area contributed by atoms with Crippen LogP contribution >= 0.6 is 24.8 Å². The highest BCUT2D eigenvalue weighted by atomic mass is 35.5. The summed E-state index contributed by atoms with van der Waals surface area (Å²) in [5, 5.41) is 0.